The number of hydrogen-bond acceptors (Lipinski definition) is 4. The Bertz CT molecular complexity index is 453. The van der Waals surface area contributed by atoms with Crippen molar-refractivity contribution < 1.29 is 14.2 Å². The summed E-state index contributed by atoms with van der Waals surface area (Å²) in [6.45, 7) is 5.54. The van der Waals surface area contributed by atoms with Crippen LogP contribution in [0.4, 0.5) is 5.69 Å². The van der Waals surface area contributed by atoms with Gasteiger partial charge in [-0.05, 0) is 44.6 Å². The number of thiocarbonyl (C=S) groups is 1. The van der Waals surface area contributed by atoms with E-state index in [1.165, 1.54) is 0 Å². The third-order valence-corrected chi connectivity index (χ3v) is 2.95. The molecule has 118 valence electrons. The molecular weight excluding hydrogens is 288 g/mol. The maximum Gasteiger partial charge on any atom is 0.170 e. The van der Waals surface area contributed by atoms with Gasteiger partial charge < -0.3 is 24.8 Å². The molecule has 0 aromatic heterocycles. The zero-order valence-corrected chi connectivity index (χ0v) is 13.9. The minimum atomic E-state index is 0.266. The molecule has 5 nitrogen and oxygen atoms in total. The third kappa shape index (κ3) is 6.64. The molecule has 1 aromatic rings. The van der Waals surface area contributed by atoms with Crippen molar-refractivity contribution in [2.75, 3.05) is 32.7 Å². The van der Waals surface area contributed by atoms with E-state index in [1.54, 1.807) is 14.2 Å². The smallest absolute Gasteiger partial charge is 0.170 e. The highest BCUT2D eigenvalue weighted by Gasteiger charge is 2.05. The van der Waals surface area contributed by atoms with Gasteiger partial charge in [-0.15, -0.1) is 0 Å². The Balaban J connectivity index is 2.37. The largest absolute Gasteiger partial charge is 0.493 e. The van der Waals surface area contributed by atoms with E-state index in [4.69, 9.17) is 26.4 Å². The van der Waals surface area contributed by atoms with Crippen molar-refractivity contribution in [1.29, 1.82) is 0 Å². The highest BCUT2D eigenvalue weighted by Crippen LogP contribution is 2.29. The van der Waals surface area contributed by atoms with Crippen LogP contribution >= 0.6 is 12.2 Å². The molecule has 0 saturated heterocycles. The number of benzene rings is 1. The van der Waals surface area contributed by atoms with Crippen molar-refractivity contribution >= 4 is 23.0 Å². The highest BCUT2D eigenvalue weighted by molar-refractivity contribution is 7.80. The first kappa shape index (κ1) is 17.5. The number of ether oxygens (including phenoxy) is 3. The van der Waals surface area contributed by atoms with Gasteiger partial charge in [-0.2, -0.15) is 0 Å². The maximum atomic E-state index is 5.46. The van der Waals surface area contributed by atoms with E-state index in [0.29, 0.717) is 16.6 Å². The molecule has 0 atom stereocenters. The fourth-order valence-corrected chi connectivity index (χ4v) is 1.90. The minimum Gasteiger partial charge on any atom is -0.493 e. The quantitative estimate of drug-likeness (QED) is 0.569. The van der Waals surface area contributed by atoms with E-state index in [9.17, 15) is 0 Å². The zero-order valence-electron chi connectivity index (χ0n) is 13.1. The van der Waals surface area contributed by atoms with Crippen molar-refractivity contribution in [1.82, 2.24) is 5.32 Å². The average Bonchev–Trinajstić information content (AvgIpc) is 2.46. The summed E-state index contributed by atoms with van der Waals surface area (Å²) in [4.78, 5) is 0. The predicted molar refractivity (Wildman–Crippen MR) is 89.5 cm³/mol. The Labute approximate surface area is 132 Å². The zero-order chi connectivity index (χ0) is 15.7. The lowest BCUT2D eigenvalue weighted by atomic mass is 10.3. The second kappa shape index (κ2) is 9.41. The van der Waals surface area contributed by atoms with Gasteiger partial charge in [0.2, 0.25) is 0 Å². The van der Waals surface area contributed by atoms with Gasteiger partial charge >= 0.3 is 0 Å². The van der Waals surface area contributed by atoms with Crippen LogP contribution in [-0.4, -0.2) is 38.6 Å². The monoisotopic (exact) mass is 312 g/mol. The average molecular weight is 312 g/mol. The van der Waals surface area contributed by atoms with E-state index < -0.39 is 0 Å². The van der Waals surface area contributed by atoms with Crippen LogP contribution < -0.4 is 20.1 Å². The fourth-order valence-electron chi connectivity index (χ4n) is 1.68. The Morgan fingerprint density at radius 3 is 2.52 bits per heavy atom. The molecule has 1 aromatic carbocycles. The second-order valence-corrected chi connectivity index (χ2v) is 5.13. The Kier molecular flexibility index (Phi) is 7.85. The SMILES string of the molecule is COc1ccc(NC(=S)NCCCOC(C)C)cc1OC. The molecule has 6 heteroatoms. The molecule has 0 fully saturated rings. The first-order valence-corrected chi connectivity index (χ1v) is 7.36. The molecule has 0 radical (unpaired) electrons. The Morgan fingerprint density at radius 1 is 1.19 bits per heavy atom. The second-order valence-electron chi connectivity index (χ2n) is 4.72. The van der Waals surface area contributed by atoms with Crippen molar-refractivity contribution in [2.24, 2.45) is 0 Å². The maximum absolute atomic E-state index is 5.46. The number of methoxy groups -OCH3 is 2. The van der Waals surface area contributed by atoms with Gasteiger partial charge in [0, 0.05) is 24.9 Å². The molecule has 0 bridgehead atoms. The van der Waals surface area contributed by atoms with Crippen molar-refractivity contribution in [3.63, 3.8) is 0 Å². The normalized spacial score (nSPS) is 10.3. The van der Waals surface area contributed by atoms with Crippen LogP contribution in [0, 0.1) is 0 Å². The van der Waals surface area contributed by atoms with E-state index in [-0.39, 0.29) is 6.10 Å². The molecule has 21 heavy (non-hydrogen) atoms. The van der Waals surface area contributed by atoms with Crippen LogP contribution in [-0.2, 0) is 4.74 Å². The van der Waals surface area contributed by atoms with Crippen LogP contribution in [0.3, 0.4) is 0 Å². The van der Waals surface area contributed by atoms with Crippen molar-refractivity contribution in [2.45, 2.75) is 26.4 Å². The lowest BCUT2D eigenvalue weighted by Gasteiger charge is -2.13. The molecule has 0 amide bonds. The molecular formula is C15H24N2O3S. The molecule has 0 unspecified atom stereocenters. The summed E-state index contributed by atoms with van der Waals surface area (Å²) in [6, 6.07) is 5.56. The number of anilines is 1. The van der Waals surface area contributed by atoms with Crippen LogP contribution in [0.25, 0.3) is 0 Å². The summed E-state index contributed by atoms with van der Waals surface area (Å²) in [5.41, 5.74) is 0.851. The van der Waals surface area contributed by atoms with Crippen LogP contribution in [0.1, 0.15) is 20.3 Å². The number of hydrogen-bond donors (Lipinski definition) is 2. The minimum absolute atomic E-state index is 0.266. The highest BCUT2D eigenvalue weighted by atomic mass is 32.1. The van der Waals surface area contributed by atoms with E-state index in [0.717, 1.165) is 25.3 Å². The van der Waals surface area contributed by atoms with E-state index in [1.807, 2.05) is 32.0 Å². The van der Waals surface area contributed by atoms with E-state index >= 15 is 0 Å². The molecule has 1 rings (SSSR count). The molecule has 2 N–H and O–H groups in total. The Hall–Kier alpha value is -1.53. The van der Waals surface area contributed by atoms with Crippen LogP contribution in [0.15, 0.2) is 18.2 Å². The van der Waals surface area contributed by atoms with Crippen molar-refractivity contribution in [3.8, 4) is 11.5 Å². The topological polar surface area (TPSA) is 51.8 Å². The number of rotatable bonds is 8. The molecule has 0 spiro atoms. The van der Waals surface area contributed by atoms with Gasteiger partial charge in [0.05, 0.1) is 20.3 Å². The van der Waals surface area contributed by atoms with Crippen LogP contribution in [0.5, 0.6) is 11.5 Å². The summed E-state index contributed by atoms with van der Waals surface area (Å²) in [5.74, 6) is 1.35. The molecule has 0 aliphatic heterocycles. The van der Waals surface area contributed by atoms with Crippen molar-refractivity contribution in [3.05, 3.63) is 18.2 Å². The lowest BCUT2D eigenvalue weighted by Crippen LogP contribution is -2.30. The fraction of sp³-hybridized carbons (Fsp3) is 0.533. The molecule has 0 aliphatic carbocycles. The van der Waals surface area contributed by atoms with Gasteiger partial charge in [0.25, 0.3) is 0 Å². The predicted octanol–water partition coefficient (Wildman–Crippen LogP) is 2.81. The van der Waals surface area contributed by atoms with E-state index in [2.05, 4.69) is 10.6 Å². The van der Waals surface area contributed by atoms with Gasteiger partial charge in [-0.1, -0.05) is 0 Å². The molecule has 0 heterocycles. The summed E-state index contributed by atoms with van der Waals surface area (Å²) in [7, 11) is 3.21. The molecule has 0 saturated carbocycles. The first-order chi connectivity index (χ1) is 10.1. The van der Waals surface area contributed by atoms with Gasteiger partial charge in [0.1, 0.15) is 0 Å². The molecule has 0 aliphatic rings. The first-order valence-electron chi connectivity index (χ1n) is 6.95. The third-order valence-electron chi connectivity index (χ3n) is 2.70. The summed E-state index contributed by atoms with van der Waals surface area (Å²) in [6.07, 6.45) is 1.17. The number of nitrogens with one attached hydrogen (secondary N) is 2. The van der Waals surface area contributed by atoms with Gasteiger partial charge in [-0.3, -0.25) is 0 Å². The summed E-state index contributed by atoms with van der Waals surface area (Å²) in [5, 5.41) is 6.83. The Morgan fingerprint density at radius 2 is 1.90 bits per heavy atom. The van der Waals surface area contributed by atoms with Gasteiger partial charge in [0.15, 0.2) is 16.6 Å². The van der Waals surface area contributed by atoms with Crippen LogP contribution in [0.2, 0.25) is 0 Å². The van der Waals surface area contributed by atoms with Gasteiger partial charge in [-0.25, -0.2) is 0 Å². The lowest BCUT2D eigenvalue weighted by molar-refractivity contribution is 0.0777. The summed E-state index contributed by atoms with van der Waals surface area (Å²) < 4.78 is 15.9. The standard InChI is InChI=1S/C15H24N2O3S/c1-11(2)20-9-5-8-16-15(21)17-12-6-7-13(18-3)14(10-12)19-4/h6-7,10-11H,5,8-9H2,1-4H3,(H2,16,17,21). The summed E-state index contributed by atoms with van der Waals surface area (Å²) >= 11 is 5.24.